The molecule has 7 heteroatoms. The summed E-state index contributed by atoms with van der Waals surface area (Å²) in [6.07, 6.45) is 0.420. The zero-order valence-electron chi connectivity index (χ0n) is 12.5. The summed E-state index contributed by atoms with van der Waals surface area (Å²) in [5.74, 6) is -1.16. The lowest BCUT2D eigenvalue weighted by Crippen LogP contribution is -2.34. The molecule has 1 aliphatic heterocycles. The molecule has 0 radical (unpaired) electrons. The van der Waals surface area contributed by atoms with Gasteiger partial charge < -0.3 is 14.5 Å². The first-order chi connectivity index (χ1) is 10.9. The number of aliphatic carboxylic acids is 1. The standard InChI is InChI=1S/C16H15ClN2O4/c1-16(15(21)22)5-6-19(9-16)14(20)13-8-12(18-23-13)10-3-2-4-11(17)7-10/h2-4,7-8H,5-6,9H2,1H3,(H,21,22). The van der Waals surface area contributed by atoms with Crippen LogP contribution in [0.25, 0.3) is 11.3 Å². The van der Waals surface area contributed by atoms with Crippen LogP contribution in [-0.2, 0) is 4.79 Å². The quantitative estimate of drug-likeness (QED) is 0.933. The zero-order chi connectivity index (χ0) is 16.6. The lowest BCUT2D eigenvalue weighted by Gasteiger charge is -2.19. The van der Waals surface area contributed by atoms with Crippen LogP contribution in [0.5, 0.6) is 0 Å². The zero-order valence-corrected chi connectivity index (χ0v) is 13.2. The van der Waals surface area contributed by atoms with Crippen LogP contribution in [0, 0.1) is 5.41 Å². The van der Waals surface area contributed by atoms with Crippen molar-refractivity contribution in [2.75, 3.05) is 13.1 Å². The normalized spacial score (nSPS) is 20.7. The molecule has 0 aliphatic carbocycles. The number of carbonyl (C=O) groups excluding carboxylic acids is 1. The largest absolute Gasteiger partial charge is 0.481 e. The van der Waals surface area contributed by atoms with Crippen molar-refractivity contribution in [1.82, 2.24) is 10.1 Å². The van der Waals surface area contributed by atoms with Gasteiger partial charge in [-0.15, -0.1) is 0 Å². The van der Waals surface area contributed by atoms with E-state index in [9.17, 15) is 14.7 Å². The number of hydrogen-bond acceptors (Lipinski definition) is 4. The van der Waals surface area contributed by atoms with Crippen LogP contribution in [0.1, 0.15) is 23.9 Å². The predicted molar refractivity (Wildman–Crippen MR) is 83.2 cm³/mol. The van der Waals surface area contributed by atoms with Crippen LogP contribution >= 0.6 is 11.6 Å². The highest BCUT2D eigenvalue weighted by Gasteiger charge is 2.42. The van der Waals surface area contributed by atoms with Crippen molar-refractivity contribution in [2.45, 2.75) is 13.3 Å². The topological polar surface area (TPSA) is 83.6 Å². The molecule has 6 nitrogen and oxygen atoms in total. The fraction of sp³-hybridized carbons (Fsp3) is 0.312. The van der Waals surface area contributed by atoms with Crippen molar-refractivity contribution in [2.24, 2.45) is 5.41 Å². The van der Waals surface area contributed by atoms with Crippen LogP contribution < -0.4 is 0 Å². The molecule has 1 amide bonds. The van der Waals surface area contributed by atoms with E-state index < -0.39 is 11.4 Å². The minimum atomic E-state index is -0.911. The summed E-state index contributed by atoms with van der Waals surface area (Å²) in [4.78, 5) is 25.2. The maximum Gasteiger partial charge on any atom is 0.311 e. The number of benzene rings is 1. The molecule has 2 aromatic rings. The van der Waals surface area contributed by atoms with E-state index in [2.05, 4.69) is 5.16 Å². The van der Waals surface area contributed by atoms with Gasteiger partial charge in [0.1, 0.15) is 5.69 Å². The van der Waals surface area contributed by atoms with Gasteiger partial charge in [0.25, 0.3) is 5.91 Å². The summed E-state index contributed by atoms with van der Waals surface area (Å²) in [7, 11) is 0. The lowest BCUT2D eigenvalue weighted by atomic mass is 9.90. The maximum atomic E-state index is 12.4. The van der Waals surface area contributed by atoms with E-state index in [4.69, 9.17) is 16.1 Å². The van der Waals surface area contributed by atoms with Crippen LogP contribution in [-0.4, -0.2) is 40.1 Å². The number of carboxylic acids is 1. The molecule has 0 spiro atoms. The van der Waals surface area contributed by atoms with Crippen molar-refractivity contribution in [3.8, 4) is 11.3 Å². The van der Waals surface area contributed by atoms with Crippen molar-refractivity contribution >= 4 is 23.5 Å². The Kier molecular flexibility index (Phi) is 3.85. The van der Waals surface area contributed by atoms with Gasteiger partial charge in [-0.05, 0) is 25.5 Å². The highest BCUT2D eigenvalue weighted by Crippen LogP contribution is 2.31. The number of hydrogen-bond donors (Lipinski definition) is 1. The third kappa shape index (κ3) is 2.94. The molecule has 120 valence electrons. The second kappa shape index (κ2) is 5.70. The Morgan fingerprint density at radius 3 is 2.83 bits per heavy atom. The molecule has 1 aromatic heterocycles. The van der Waals surface area contributed by atoms with E-state index in [1.54, 1.807) is 31.2 Å². The van der Waals surface area contributed by atoms with Gasteiger partial charge in [0.15, 0.2) is 0 Å². The van der Waals surface area contributed by atoms with Gasteiger partial charge in [0.05, 0.1) is 5.41 Å². The van der Waals surface area contributed by atoms with E-state index in [1.807, 2.05) is 6.07 Å². The van der Waals surface area contributed by atoms with Crippen LogP contribution in [0.2, 0.25) is 5.02 Å². The first-order valence-corrected chi connectivity index (χ1v) is 7.52. The van der Waals surface area contributed by atoms with Crippen LogP contribution in [0.4, 0.5) is 0 Å². The third-order valence-corrected chi connectivity index (χ3v) is 4.35. The summed E-state index contributed by atoms with van der Waals surface area (Å²) >= 11 is 5.94. The molecular weight excluding hydrogens is 320 g/mol. The Hall–Kier alpha value is -2.34. The number of carbonyl (C=O) groups is 2. The molecule has 3 rings (SSSR count). The summed E-state index contributed by atoms with van der Waals surface area (Å²) < 4.78 is 5.13. The fourth-order valence-corrected chi connectivity index (χ4v) is 2.81. The Balaban J connectivity index is 1.79. The Morgan fingerprint density at radius 2 is 2.17 bits per heavy atom. The Labute approximate surface area is 137 Å². The average Bonchev–Trinajstić information content (AvgIpc) is 3.14. The number of likely N-dealkylation sites (tertiary alicyclic amines) is 1. The summed E-state index contributed by atoms with van der Waals surface area (Å²) in [6.45, 7) is 2.18. The lowest BCUT2D eigenvalue weighted by molar-refractivity contribution is -0.147. The second-order valence-corrected chi connectivity index (χ2v) is 6.37. The number of amides is 1. The smallest absolute Gasteiger partial charge is 0.311 e. The molecule has 1 unspecified atom stereocenters. The van der Waals surface area contributed by atoms with Crippen molar-refractivity contribution < 1.29 is 19.2 Å². The van der Waals surface area contributed by atoms with Crippen LogP contribution in [0.3, 0.4) is 0 Å². The Morgan fingerprint density at radius 1 is 1.39 bits per heavy atom. The van der Waals surface area contributed by atoms with Gasteiger partial charge in [-0.1, -0.05) is 28.9 Å². The molecule has 1 saturated heterocycles. The van der Waals surface area contributed by atoms with E-state index in [0.29, 0.717) is 23.7 Å². The minimum Gasteiger partial charge on any atom is -0.481 e. The third-order valence-electron chi connectivity index (χ3n) is 4.12. The SMILES string of the molecule is CC1(C(=O)O)CCN(C(=O)c2cc(-c3cccc(Cl)c3)no2)C1. The number of rotatable bonds is 3. The molecular formula is C16H15ClN2O4. The van der Waals surface area contributed by atoms with Gasteiger partial charge in [0, 0.05) is 29.7 Å². The van der Waals surface area contributed by atoms with E-state index in [-0.39, 0.29) is 18.2 Å². The van der Waals surface area contributed by atoms with Gasteiger partial charge >= 0.3 is 5.97 Å². The number of carboxylic acid groups (broad SMARTS) is 1. The van der Waals surface area contributed by atoms with Crippen molar-refractivity contribution in [1.29, 1.82) is 0 Å². The summed E-state index contributed by atoms with van der Waals surface area (Å²) in [5, 5.41) is 13.7. The van der Waals surface area contributed by atoms with Gasteiger partial charge in [-0.25, -0.2) is 0 Å². The fourth-order valence-electron chi connectivity index (χ4n) is 2.62. The van der Waals surface area contributed by atoms with Crippen molar-refractivity contribution in [3.05, 3.63) is 41.1 Å². The average molecular weight is 335 g/mol. The molecule has 0 saturated carbocycles. The van der Waals surface area contributed by atoms with E-state index in [1.165, 1.54) is 4.90 Å². The highest BCUT2D eigenvalue weighted by atomic mass is 35.5. The molecule has 1 N–H and O–H groups in total. The molecule has 1 atom stereocenters. The molecule has 1 aromatic carbocycles. The first kappa shape index (κ1) is 15.6. The molecule has 1 aliphatic rings. The molecule has 0 bridgehead atoms. The van der Waals surface area contributed by atoms with Gasteiger partial charge in [-0.2, -0.15) is 0 Å². The molecule has 23 heavy (non-hydrogen) atoms. The summed E-state index contributed by atoms with van der Waals surface area (Å²) in [5.41, 5.74) is 0.346. The number of nitrogens with zero attached hydrogens (tertiary/aromatic N) is 2. The number of aromatic nitrogens is 1. The van der Waals surface area contributed by atoms with E-state index >= 15 is 0 Å². The van der Waals surface area contributed by atoms with Gasteiger partial charge in [0.2, 0.25) is 5.76 Å². The highest BCUT2D eigenvalue weighted by molar-refractivity contribution is 6.30. The van der Waals surface area contributed by atoms with Crippen molar-refractivity contribution in [3.63, 3.8) is 0 Å². The first-order valence-electron chi connectivity index (χ1n) is 7.14. The Bertz CT molecular complexity index is 773. The number of halogens is 1. The maximum absolute atomic E-state index is 12.4. The van der Waals surface area contributed by atoms with Crippen LogP contribution in [0.15, 0.2) is 34.9 Å². The molecule has 1 fully saturated rings. The summed E-state index contributed by atoms with van der Waals surface area (Å²) in [6, 6.07) is 8.62. The minimum absolute atomic E-state index is 0.0922. The monoisotopic (exact) mass is 334 g/mol. The molecule has 2 heterocycles. The predicted octanol–water partition coefficient (Wildman–Crippen LogP) is 2.93. The van der Waals surface area contributed by atoms with Gasteiger partial charge in [-0.3, -0.25) is 9.59 Å². The van der Waals surface area contributed by atoms with E-state index in [0.717, 1.165) is 5.56 Å². The second-order valence-electron chi connectivity index (χ2n) is 5.93.